The molecule has 10 nitrogen and oxygen atoms in total. The highest BCUT2D eigenvalue weighted by Crippen LogP contribution is 2.36. The number of hydrogen-bond acceptors (Lipinski definition) is 6. The quantitative estimate of drug-likeness (QED) is 0.322. The Kier molecular flexibility index (Phi) is 6.45. The van der Waals surface area contributed by atoms with Crippen LogP contribution < -0.4 is 19.9 Å². The maximum absolute atomic E-state index is 13.3. The summed E-state index contributed by atoms with van der Waals surface area (Å²) in [5.41, 5.74) is 2.65. The molecule has 5 rings (SSSR count). The summed E-state index contributed by atoms with van der Waals surface area (Å²) in [6, 6.07) is 21.6. The molecule has 196 valence electrons. The first-order chi connectivity index (χ1) is 18.1. The van der Waals surface area contributed by atoms with Gasteiger partial charge in [0, 0.05) is 33.3 Å². The van der Waals surface area contributed by atoms with E-state index < -0.39 is 10.0 Å². The van der Waals surface area contributed by atoms with Gasteiger partial charge in [0.1, 0.15) is 18.1 Å². The second kappa shape index (κ2) is 9.75. The van der Waals surface area contributed by atoms with E-state index in [0.717, 1.165) is 5.56 Å². The van der Waals surface area contributed by atoms with Crippen LogP contribution in [0.15, 0.2) is 82.6 Å². The molecule has 0 atom stereocenters. The number of ether oxygens (including phenoxy) is 2. The fourth-order valence-corrected chi connectivity index (χ4v) is 5.49. The lowest BCUT2D eigenvalue weighted by molar-refractivity contribution is 0.304. The van der Waals surface area contributed by atoms with Crippen molar-refractivity contribution in [2.24, 2.45) is 21.1 Å². The van der Waals surface area contributed by atoms with Crippen LogP contribution in [0.3, 0.4) is 0 Å². The molecule has 3 aromatic carbocycles. The van der Waals surface area contributed by atoms with Gasteiger partial charge in [-0.05, 0) is 36.8 Å². The molecule has 0 bridgehead atoms. The van der Waals surface area contributed by atoms with Crippen LogP contribution in [0.4, 0.5) is 5.69 Å². The zero-order valence-corrected chi connectivity index (χ0v) is 22.2. The number of fused-ring (bicyclic) bond motifs is 1. The molecule has 2 aromatic heterocycles. The Morgan fingerprint density at radius 1 is 0.868 bits per heavy atom. The van der Waals surface area contributed by atoms with Crippen molar-refractivity contribution in [1.82, 2.24) is 18.9 Å². The highest BCUT2D eigenvalue weighted by Gasteiger charge is 2.23. The first-order valence-corrected chi connectivity index (χ1v) is 13.3. The second-order valence-electron chi connectivity index (χ2n) is 8.94. The van der Waals surface area contributed by atoms with Crippen molar-refractivity contribution in [3.8, 4) is 17.2 Å². The summed E-state index contributed by atoms with van der Waals surface area (Å²) in [7, 11) is 0.815. The number of rotatable bonds is 8. The van der Waals surface area contributed by atoms with Gasteiger partial charge in [0.2, 0.25) is 0 Å². The number of benzene rings is 3. The van der Waals surface area contributed by atoms with Crippen molar-refractivity contribution in [2.45, 2.75) is 18.6 Å². The summed E-state index contributed by atoms with van der Waals surface area (Å²) in [6.45, 7) is 2.10. The normalized spacial score (nSPS) is 11.6. The lowest BCUT2D eigenvalue weighted by Gasteiger charge is -2.15. The molecule has 2 heterocycles. The Hall–Kier alpha value is -4.51. The molecule has 0 saturated heterocycles. The molecule has 0 amide bonds. The minimum Gasteiger partial charge on any atom is -0.489 e. The first kappa shape index (κ1) is 25.2. The van der Waals surface area contributed by atoms with E-state index in [0.29, 0.717) is 34.8 Å². The molecule has 38 heavy (non-hydrogen) atoms. The summed E-state index contributed by atoms with van der Waals surface area (Å²) in [5.74, 6) is 1.25. The first-order valence-electron chi connectivity index (χ1n) is 11.8. The molecule has 0 unspecified atom stereocenters. The SMILES string of the molecule is Cc1cc(S(=O)(=O)Nc2cc3c(cc2Oc2cccc(OCc4ccccc4)c2)n(C)c(=O)n3C)n(C)n1. The van der Waals surface area contributed by atoms with Gasteiger partial charge < -0.3 is 9.47 Å². The topological polar surface area (TPSA) is 109 Å². The summed E-state index contributed by atoms with van der Waals surface area (Å²) >= 11 is 0. The maximum Gasteiger partial charge on any atom is 0.328 e. The number of aromatic nitrogens is 4. The van der Waals surface area contributed by atoms with Crippen molar-refractivity contribution in [3.63, 3.8) is 0 Å². The molecular weight excluding hydrogens is 506 g/mol. The number of imidazole rings is 1. The molecule has 0 radical (unpaired) electrons. The van der Waals surface area contributed by atoms with Gasteiger partial charge in [0.25, 0.3) is 10.0 Å². The minimum atomic E-state index is -4.02. The number of sulfonamides is 1. The standard InChI is InChI=1S/C27H27N5O5S/c1-18-13-26(32(4)28-18)38(34,35)29-22-15-23-24(31(3)27(33)30(23)2)16-25(22)37-21-12-8-11-20(14-21)36-17-19-9-6-5-7-10-19/h5-16,29H,17H2,1-4H3. The molecule has 0 spiro atoms. The van der Waals surface area contributed by atoms with Crippen molar-refractivity contribution >= 4 is 26.7 Å². The van der Waals surface area contributed by atoms with Gasteiger partial charge in [-0.3, -0.25) is 18.5 Å². The van der Waals surface area contributed by atoms with Crippen LogP contribution in [0.25, 0.3) is 11.0 Å². The van der Waals surface area contributed by atoms with Gasteiger partial charge in [-0.25, -0.2) is 4.79 Å². The van der Waals surface area contributed by atoms with Crippen LogP contribution in [0.2, 0.25) is 0 Å². The largest absolute Gasteiger partial charge is 0.489 e. The Labute approximate surface area is 219 Å². The fraction of sp³-hybridized carbons (Fsp3) is 0.185. The van der Waals surface area contributed by atoms with Crippen molar-refractivity contribution < 1.29 is 17.9 Å². The summed E-state index contributed by atoms with van der Waals surface area (Å²) < 4.78 is 45.5. The number of hydrogen-bond donors (Lipinski definition) is 1. The molecule has 0 saturated carbocycles. The van der Waals surface area contributed by atoms with Crippen LogP contribution in [0, 0.1) is 6.92 Å². The van der Waals surface area contributed by atoms with E-state index in [1.54, 1.807) is 58.4 Å². The zero-order chi connectivity index (χ0) is 27.0. The Morgan fingerprint density at radius 2 is 1.55 bits per heavy atom. The molecule has 0 aliphatic rings. The monoisotopic (exact) mass is 533 g/mol. The molecule has 0 fully saturated rings. The third-order valence-corrected chi connectivity index (χ3v) is 7.56. The third kappa shape index (κ3) is 4.88. The zero-order valence-electron chi connectivity index (χ0n) is 21.4. The minimum absolute atomic E-state index is 0.000642. The van der Waals surface area contributed by atoms with E-state index in [1.165, 1.54) is 19.9 Å². The summed E-state index contributed by atoms with van der Waals surface area (Å²) in [5, 5.41) is 4.14. The van der Waals surface area contributed by atoms with Crippen molar-refractivity contribution in [2.75, 3.05) is 4.72 Å². The molecule has 1 N–H and O–H groups in total. The number of aryl methyl sites for hydroxylation is 4. The second-order valence-corrected chi connectivity index (χ2v) is 10.6. The van der Waals surface area contributed by atoms with E-state index in [-0.39, 0.29) is 22.2 Å². The number of nitrogens with zero attached hydrogens (tertiary/aromatic N) is 4. The van der Waals surface area contributed by atoms with Crippen molar-refractivity contribution in [3.05, 3.63) is 94.5 Å². The average molecular weight is 534 g/mol. The van der Waals surface area contributed by atoms with Gasteiger partial charge >= 0.3 is 5.69 Å². The Balaban J connectivity index is 1.52. The number of nitrogens with one attached hydrogen (secondary N) is 1. The molecule has 0 aliphatic heterocycles. The van der Waals surface area contributed by atoms with Gasteiger partial charge in [0.05, 0.1) is 22.4 Å². The van der Waals surface area contributed by atoms with E-state index >= 15 is 0 Å². The van der Waals surface area contributed by atoms with Crippen LogP contribution in [0.1, 0.15) is 11.3 Å². The molecule has 5 aromatic rings. The van der Waals surface area contributed by atoms with Crippen LogP contribution in [0.5, 0.6) is 17.2 Å². The third-order valence-electron chi connectivity index (χ3n) is 6.13. The van der Waals surface area contributed by atoms with E-state index in [1.807, 2.05) is 36.4 Å². The Bertz CT molecular complexity index is 1800. The van der Waals surface area contributed by atoms with Crippen LogP contribution in [-0.4, -0.2) is 27.3 Å². The Morgan fingerprint density at radius 3 is 2.24 bits per heavy atom. The predicted octanol–water partition coefficient (Wildman–Crippen LogP) is 4.09. The van der Waals surface area contributed by atoms with E-state index in [2.05, 4.69) is 9.82 Å². The summed E-state index contributed by atoms with van der Waals surface area (Å²) in [4.78, 5) is 12.6. The van der Waals surface area contributed by atoms with Gasteiger partial charge in [-0.1, -0.05) is 36.4 Å². The van der Waals surface area contributed by atoms with Gasteiger partial charge in [-0.2, -0.15) is 13.5 Å². The lowest BCUT2D eigenvalue weighted by Crippen LogP contribution is -2.19. The highest BCUT2D eigenvalue weighted by molar-refractivity contribution is 7.92. The van der Waals surface area contributed by atoms with Crippen LogP contribution in [-0.2, 0) is 37.8 Å². The smallest absolute Gasteiger partial charge is 0.328 e. The average Bonchev–Trinajstić information content (AvgIpc) is 3.35. The van der Waals surface area contributed by atoms with Crippen LogP contribution >= 0.6 is 0 Å². The van der Waals surface area contributed by atoms with Gasteiger partial charge in [0.15, 0.2) is 10.8 Å². The predicted molar refractivity (Wildman–Crippen MR) is 144 cm³/mol. The lowest BCUT2D eigenvalue weighted by atomic mass is 10.2. The van der Waals surface area contributed by atoms with E-state index in [4.69, 9.17) is 9.47 Å². The maximum atomic E-state index is 13.3. The van der Waals surface area contributed by atoms with Crippen molar-refractivity contribution in [1.29, 1.82) is 0 Å². The van der Waals surface area contributed by atoms with Gasteiger partial charge in [-0.15, -0.1) is 0 Å². The highest BCUT2D eigenvalue weighted by atomic mass is 32.2. The molecule has 0 aliphatic carbocycles. The molecular formula is C27H27N5O5S. The molecule has 11 heteroatoms. The number of anilines is 1. The summed E-state index contributed by atoms with van der Waals surface area (Å²) in [6.07, 6.45) is 0. The van der Waals surface area contributed by atoms with E-state index in [9.17, 15) is 13.2 Å². The fourth-order valence-electron chi connectivity index (χ4n) is 4.22.